The van der Waals surface area contributed by atoms with E-state index < -0.39 is 10.0 Å². The van der Waals surface area contributed by atoms with Gasteiger partial charge in [0.2, 0.25) is 10.0 Å². The molecule has 0 spiro atoms. The first kappa shape index (κ1) is 18.8. The van der Waals surface area contributed by atoms with E-state index >= 15 is 0 Å². The molecule has 0 amide bonds. The number of halogens is 1. The van der Waals surface area contributed by atoms with Gasteiger partial charge in [0.1, 0.15) is 5.75 Å². The van der Waals surface area contributed by atoms with Gasteiger partial charge in [-0.15, -0.1) is 0 Å². The molecule has 1 N–H and O–H groups in total. The van der Waals surface area contributed by atoms with Crippen LogP contribution in [0.1, 0.15) is 6.42 Å². The lowest BCUT2D eigenvalue weighted by Gasteiger charge is -2.19. The monoisotopic (exact) mass is 412 g/mol. The lowest BCUT2D eigenvalue weighted by Crippen LogP contribution is -2.28. The Kier molecular flexibility index (Phi) is 6.65. The van der Waals surface area contributed by atoms with Crippen LogP contribution < -0.4 is 14.4 Å². The molecular formula is C17H21BrN2O3S. The molecule has 0 heterocycles. The molecule has 7 heteroatoms. The average Bonchev–Trinajstić information content (AvgIpc) is 2.59. The van der Waals surface area contributed by atoms with E-state index in [1.54, 1.807) is 6.07 Å². The van der Waals surface area contributed by atoms with E-state index in [0.29, 0.717) is 23.2 Å². The van der Waals surface area contributed by atoms with Crippen molar-refractivity contribution in [3.05, 3.63) is 53.0 Å². The Morgan fingerprint density at radius 1 is 1.17 bits per heavy atom. The van der Waals surface area contributed by atoms with Gasteiger partial charge in [0.15, 0.2) is 0 Å². The summed E-state index contributed by atoms with van der Waals surface area (Å²) < 4.78 is 33.0. The second-order valence-corrected chi connectivity index (χ2v) is 7.93. The molecule has 0 bridgehead atoms. The maximum Gasteiger partial charge on any atom is 0.240 e. The number of benzene rings is 2. The first-order valence-electron chi connectivity index (χ1n) is 7.53. The molecule has 0 saturated carbocycles. The Morgan fingerprint density at radius 3 is 2.50 bits per heavy atom. The molecule has 24 heavy (non-hydrogen) atoms. The Hall–Kier alpha value is -1.57. The number of rotatable bonds is 8. The maximum absolute atomic E-state index is 12.3. The molecule has 0 fully saturated rings. The highest BCUT2D eigenvalue weighted by Gasteiger charge is 2.15. The van der Waals surface area contributed by atoms with Crippen molar-refractivity contribution >= 4 is 31.6 Å². The fourth-order valence-corrected chi connectivity index (χ4v) is 4.02. The second-order valence-electron chi connectivity index (χ2n) is 5.30. The number of para-hydroxylation sites is 1. The van der Waals surface area contributed by atoms with Crippen LogP contribution in [0.2, 0.25) is 0 Å². The molecule has 5 nitrogen and oxygen atoms in total. The third-order valence-electron chi connectivity index (χ3n) is 3.59. The number of anilines is 1. The van der Waals surface area contributed by atoms with Gasteiger partial charge in [-0.05, 0) is 52.7 Å². The summed E-state index contributed by atoms with van der Waals surface area (Å²) in [5, 5.41) is 0. The van der Waals surface area contributed by atoms with E-state index in [0.717, 1.165) is 12.2 Å². The zero-order valence-electron chi connectivity index (χ0n) is 13.7. The predicted molar refractivity (Wildman–Crippen MR) is 100 cm³/mol. The van der Waals surface area contributed by atoms with E-state index in [1.165, 1.54) is 19.2 Å². The van der Waals surface area contributed by atoms with Gasteiger partial charge in [-0.1, -0.05) is 18.2 Å². The molecule has 0 atom stereocenters. The summed E-state index contributed by atoms with van der Waals surface area (Å²) in [5.41, 5.74) is 1.11. The van der Waals surface area contributed by atoms with Crippen molar-refractivity contribution in [2.75, 3.05) is 32.1 Å². The Bertz CT molecular complexity index is 767. The Labute approximate surface area is 151 Å². The summed E-state index contributed by atoms with van der Waals surface area (Å²) >= 11 is 3.30. The van der Waals surface area contributed by atoms with Crippen molar-refractivity contribution in [1.82, 2.24) is 4.72 Å². The number of nitrogens with one attached hydrogen (secondary N) is 1. The number of hydrogen-bond acceptors (Lipinski definition) is 4. The van der Waals surface area contributed by atoms with E-state index in [1.807, 2.05) is 37.4 Å². The molecule has 0 aliphatic carbocycles. The molecule has 130 valence electrons. The maximum atomic E-state index is 12.3. The summed E-state index contributed by atoms with van der Waals surface area (Å²) in [6.07, 6.45) is 0.710. The third kappa shape index (κ3) is 4.96. The molecular weight excluding hydrogens is 392 g/mol. The van der Waals surface area contributed by atoms with Crippen LogP contribution in [-0.4, -0.2) is 35.7 Å². The highest BCUT2D eigenvalue weighted by atomic mass is 79.9. The summed E-state index contributed by atoms with van der Waals surface area (Å²) in [4.78, 5) is 2.31. The van der Waals surface area contributed by atoms with Crippen LogP contribution in [-0.2, 0) is 10.0 Å². The molecule has 2 aromatic carbocycles. The molecule has 0 aromatic heterocycles. The van der Waals surface area contributed by atoms with Crippen LogP contribution in [0.3, 0.4) is 0 Å². The van der Waals surface area contributed by atoms with Gasteiger partial charge in [-0.2, -0.15) is 0 Å². The van der Waals surface area contributed by atoms with Gasteiger partial charge < -0.3 is 9.64 Å². The summed E-state index contributed by atoms with van der Waals surface area (Å²) in [7, 11) is 0.00354. The average molecular weight is 413 g/mol. The first-order valence-corrected chi connectivity index (χ1v) is 9.81. The fourth-order valence-electron chi connectivity index (χ4n) is 2.23. The van der Waals surface area contributed by atoms with Gasteiger partial charge in [0.05, 0.1) is 16.5 Å². The molecule has 0 saturated heterocycles. The highest BCUT2D eigenvalue weighted by Crippen LogP contribution is 2.27. The van der Waals surface area contributed by atoms with E-state index in [-0.39, 0.29) is 4.90 Å². The van der Waals surface area contributed by atoms with Crippen molar-refractivity contribution in [2.45, 2.75) is 11.3 Å². The van der Waals surface area contributed by atoms with Gasteiger partial charge in [-0.3, -0.25) is 0 Å². The van der Waals surface area contributed by atoms with Crippen molar-refractivity contribution in [2.24, 2.45) is 0 Å². The molecule has 0 aliphatic rings. The fraction of sp³-hybridized carbons (Fsp3) is 0.294. The third-order valence-corrected chi connectivity index (χ3v) is 5.67. The topological polar surface area (TPSA) is 58.6 Å². The second kappa shape index (κ2) is 8.50. The number of ether oxygens (including phenoxy) is 1. The number of methoxy groups -OCH3 is 1. The predicted octanol–water partition coefficient (Wildman–Crippen LogP) is 3.26. The summed E-state index contributed by atoms with van der Waals surface area (Å²) in [6, 6.07) is 14.7. The van der Waals surface area contributed by atoms with Crippen LogP contribution in [0.5, 0.6) is 5.75 Å². The summed E-state index contributed by atoms with van der Waals surface area (Å²) in [5.74, 6) is 0.596. The van der Waals surface area contributed by atoms with Gasteiger partial charge in [0, 0.05) is 25.8 Å². The lowest BCUT2D eigenvalue weighted by molar-refractivity contribution is 0.411. The molecule has 2 rings (SSSR count). The Balaban J connectivity index is 1.88. The minimum absolute atomic E-state index is 0.214. The molecule has 0 unspecified atom stereocenters. The van der Waals surface area contributed by atoms with Gasteiger partial charge in [-0.25, -0.2) is 13.1 Å². The summed E-state index contributed by atoms with van der Waals surface area (Å²) in [6.45, 7) is 1.14. The van der Waals surface area contributed by atoms with Gasteiger partial charge >= 0.3 is 0 Å². The molecule has 2 aromatic rings. The van der Waals surface area contributed by atoms with Crippen LogP contribution in [0.15, 0.2) is 57.9 Å². The number of nitrogens with zero attached hydrogens (tertiary/aromatic N) is 1. The van der Waals surface area contributed by atoms with Crippen LogP contribution in [0.25, 0.3) is 0 Å². The number of sulfonamides is 1. The van der Waals surface area contributed by atoms with Crippen molar-refractivity contribution < 1.29 is 13.2 Å². The van der Waals surface area contributed by atoms with Gasteiger partial charge in [0.25, 0.3) is 0 Å². The van der Waals surface area contributed by atoms with Crippen molar-refractivity contribution in [3.8, 4) is 5.75 Å². The molecule has 0 aliphatic heterocycles. The van der Waals surface area contributed by atoms with Crippen LogP contribution in [0.4, 0.5) is 5.69 Å². The Morgan fingerprint density at radius 2 is 1.88 bits per heavy atom. The lowest BCUT2D eigenvalue weighted by atomic mass is 10.3. The minimum Gasteiger partial charge on any atom is -0.496 e. The molecule has 0 radical (unpaired) electrons. The van der Waals surface area contributed by atoms with Crippen LogP contribution in [0, 0.1) is 0 Å². The van der Waals surface area contributed by atoms with Crippen LogP contribution >= 0.6 is 15.9 Å². The number of hydrogen-bond donors (Lipinski definition) is 1. The van der Waals surface area contributed by atoms with E-state index in [2.05, 4.69) is 25.6 Å². The quantitative estimate of drug-likeness (QED) is 0.675. The van der Waals surface area contributed by atoms with E-state index in [4.69, 9.17) is 4.74 Å². The SMILES string of the molecule is COc1ccc(S(=O)(=O)NCCCN(C)c2ccccc2)cc1Br. The van der Waals surface area contributed by atoms with Crippen molar-refractivity contribution in [1.29, 1.82) is 0 Å². The van der Waals surface area contributed by atoms with E-state index in [9.17, 15) is 8.42 Å². The van der Waals surface area contributed by atoms with Crippen molar-refractivity contribution in [3.63, 3.8) is 0 Å². The largest absolute Gasteiger partial charge is 0.496 e. The zero-order chi connectivity index (χ0) is 17.6. The zero-order valence-corrected chi connectivity index (χ0v) is 16.1. The highest BCUT2D eigenvalue weighted by molar-refractivity contribution is 9.10. The standard InChI is InChI=1S/C17H21BrN2O3S/c1-20(14-7-4-3-5-8-14)12-6-11-19-24(21,22)15-9-10-17(23-2)16(18)13-15/h3-5,7-10,13,19H,6,11-12H2,1-2H3. The first-order chi connectivity index (χ1) is 11.4. The smallest absolute Gasteiger partial charge is 0.240 e. The normalized spacial score (nSPS) is 11.3. The minimum atomic E-state index is -3.52.